The largest absolute Gasteiger partial charge is 0.466 e. The van der Waals surface area contributed by atoms with Crippen LogP contribution < -0.4 is 0 Å². The van der Waals surface area contributed by atoms with E-state index in [0.29, 0.717) is 0 Å². The van der Waals surface area contributed by atoms with Crippen molar-refractivity contribution in [2.24, 2.45) is 0 Å². The number of furan rings is 1. The summed E-state index contributed by atoms with van der Waals surface area (Å²) in [5.74, 6) is 1.81. The van der Waals surface area contributed by atoms with E-state index in [4.69, 9.17) is 4.42 Å². The predicted octanol–water partition coefficient (Wildman–Crippen LogP) is 4.99. The Bertz CT molecular complexity index is 352. The highest BCUT2D eigenvalue weighted by Gasteiger charge is 2.18. The third kappa shape index (κ3) is 4.16. The van der Waals surface area contributed by atoms with E-state index >= 15 is 0 Å². The van der Waals surface area contributed by atoms with E-state index in [1.54, 1.807) is 0 Å². The van der Waals surface area contributed by atoms with Gasteiger partial charge in [-0.25, -0.2) is 0 Å². The van der Waals surface area contributed by atoms with Crippen LogP contribution in [-0.2, 0) is 0 Å². The van der Waals surface area contributed by atoms with Gasteiger partial charge in [0.25, 0.3) is 0 Å². The first kappa shape index (κ1) is 15.3. The fourth-order valence-electron chi connectivity index (χ4n) is 2.56. The van der Waals surface area contributed by atoms with Crippen LogP contribution >= 0.6 is 0 Å². The lowest BCUT2D eigenvalue weighted by molar-refractivity contribution is 0.161. The molecule has 1 aromatic rings. The second-order valence-corrected chi connectivity index (χ2v) is 5.33. The Morgan fingerprint density at radius 2 is 1.56 bits per heavy atom. The molecule has 0 amide bonds. The SMILES string of the molecule is CCCCCCCCC(O)c1c(C)oc(C)c1C. The Kier molecular flexibility index (Phi) is 6.48. The highest BCUT2D eigenvalue weighted by molar-refractivity contribution is 5.33. The summed E-state index contributed by atoms with van der Waals surface area (Å²) in [7, 11) is 0. The zero-order valence-corrected chi connectivity index (χ0v) is 12.4. The first-order valence-corrected chi connectivity index (χ1v) is 7.32. The molecule has 104 valence electrons. The molecule has 0 radical (unpaired) electrons. The molecule has 0 fully saturated rings. The average Bonchev–Trinajstić information content (AvgIpc) is 2.58. The van der Waals surface area contributed by atoms with Crippen LogP contribution in [0.15, 0.2) is 4.42 Å². The summed E-state index contributed by atoms with van der Waals surface area (Å²) >= 11 is 0. The molecule has 2 heteroatoms. The fourth-order valence-corrected chi connectivity index (χ4v) is 2.56. The molecule has 1 aromatic heterocycles. The number of hydrogen-bond acceptors (Lipinski definition) is 2. The number of aliphatic hydroxyl groups excluding tert-OH is 1. The molecule has 2 nitrogen and oxygen atoms in total. The predicted molar refractivity (Wildman–Crippen MR) is 75.9 cm³/mol. The summed E-state index contributed by atoms with van der Waals surface area (Å²) in [4.78, 5) is 0. The van der Waals surface area contributed by atoms with E-state index in [1.165, 1.54) is 32.1 Å². The zero-order valence-electron chi connectivity index (χ0n) is 12.4. The molecular formula is C16H28O2. The normalized spacial score (nSPS) is 12.9. The van der Waals surface area contributed by atoms with Gasteiger partial charge in [0.1, 0.15) is 11.5 Å². The molecule has 0 aliphatic heterocycles. The van der Waals surface area contributed by atoms with Crippen molar-refractivity contribution in [3.8, 4) is 0 Å². The molecule has 1 atom stereocenters. The maximum absolute atomic E-state index is 10.2. The van der Waals surface area contributed by atoms with Crippen molar-refractivity contribution in [1.29, 1.82) is 0 Å². The Morgan fingerprint density at radius 3 is 2.11 bits per heavy atom. The quantitative estimate of drug-likeness (QED) is 0.661. The number of unbranched alkanes of at least 4 members (excludes halogenated alkanes) is 5. The van der Waals surface area contributed by atoms with Gasteiger partial charge in [-0.3, -0.25) is 0 Å². The van der Waals surface area contributed by atoms with Gasteiger partial charge in [0.2, 0.25) is 0 Å². The van der Waals surface area contributed by atoms with Gasteiger partial charge in [0.15, 0.2) is 0 Å². The first-order chi connectivity index (χ1) is 8.57. The van der Waals surface area contributed by atoms with Crippen LogP contribution in [0.25, 0.3) is 0 Å². The lowest BCUT2D eigenvalue weighted by Gasteiger charge is -2.11. The Morgan fingerprint density at radius 1 is 0.944 bits per heavy atom. The van der Waals surface area contributed by atoms with Crippen molar-refractivity contribution in [3.63, 3.8) is 0 Å². The molecule has 1 unspecified atom stereocenters. The van der Waals surface area contributed by atoms with Gasteiger partial charge in [0.05, 0.1) is 6.10 Å². The minimum atomic E-state index is -0.353. The summed E-state index contributed by atoms with van der Waals surface area (Å²) in [6, 6.07) is 0. The van der Waals surface area contributed by atoms with Crippen LogP contribution in [0.4, 0.5) is 0 Å². The third-order valence-electron chi connectivity index (χ3n) is 3.78. The maximum Gasteiger partial charge on any atom is 0.107 e. The van der Waals surface area contributed by atoms with Gasteiger partial charge < -0.3 is 9.52 Å². The molecule has 1 rings (SSSR count). The lowest BCUT2D eigenvalue weighted by atomic mass is 9.99. The average molecular weight is 252 g/mol. The highest BCUT2D eigenvalue weighted by Crippen LogP contribution is 2.30. The highest BCUT2D eigenvalue weighted by atomic mass is 16.3. The molecule has 0 saturated carbocycles. The monoisotopic (exact) mass is 252 g/mol. The number of aliphatic hydroxyl groups is 1. The molecule has 0 aliphatic rings. The van der Waals surface area contributed by atoms with E-state index in [-0.39, 0.29) is 6.10 Å². The summed E-state index contributed by atoms with van der Waals surface area (Å²) in [6.45, 7) is 8.17. The lowest BCUT2D eigenvalue weighted by Crippen LogP contribution is -2.00. The van der Waals surface area contributed by atoms with Crippen LogP contribution in [0.5, 0.6) is 0 Å². The van der Waals surface area contributed by atoms with E-state index in [1.807, 2.05) is 20.8 Å². The molecule has 0 bridgehead atoms. The Balaban J connectivity index is 2.34. The number of hydrogen-bond donors (Lipinski definition) is 1. The minimum absolute atomic E-state index is 0.353. The molecule has 0 aliphatic carbocycles. The molecule has 18 heavy (non-hydrogen) atoms. The number of rotatable bonds is 8. The van der Waals surface area contributed by atoms with E-state index in [0.717, 1.165) is 35.5 Å². The van der Waals surface area contributed by atoms with E-state index < -0.39 is 0 Å². The zero-order chi connectivity index (χ0) is 13.5. The van der Waals surface area contributed by atoms with Gasteiger partial charge in [-0.15, -0.1) is 0 Å². The molecule has 0 aromatic carbocycles. The number of aryl methyl sites for hydroxylation is 2. The van der Waals surface area contributed by atoms with Gasteiger partial charge in [-0.05, 0) is 32.8 Å². The molecule has 0 spiro atoms. The van der Waals surface area contributed by atoms with Crippen molar-refractivity contribution >= 4 is 0 Å². The Hall–Kier alpha value is -0.760. The molecular weight excluding hydrogens is 224 g/mol. The van der Waals surface area contributed by atoms with Crippen LogP contribution in [0, 0.1) is 20.8 Å². The second kappa shape index (κ2) is 7.63. The summed E-state index contributed by atoms with van der Waals surface area (Å²) in [5.41, 5.74) is 2.13. The van der Waals surface area contributed by atoms with Crippen LogP contribution in [-0.4, -0.2) is 5.11 Å². The smallest absolute Gasteiger partial charge is 0.107 e. The first-order valence-electron chi connectivity index (χ1n) is 7.32. The van der Waals surface area contributed by atoms with E-state index in [9.17, 15) is 5.11 Å². The van der Waals surface area contributed by atoms with Crippen molar-refractivity contribution in [3.05, 3.63) is 22.6 Å². The van der Waals surface area contributed by atoms with Gasteiger partial charge in [-0.1, -0.05) is 45.4 Å². The molecule has 0 saturated heterocycles. The van der Waals surface area contributed by atoms with Crippen molar-refractivity contribution in [1.82, 2.24) is 0 Å². The Labute approximate surface area is 111 Å². The van der Waals surface area contributed by atoms with Gasteiger partial charge in [-0.2, -0.15) is 0 Å². The molecule has 1 heterocycles. The van der Waals surface area contributed by atoms with Crippen LogP contribution in [0.2, 0.25) is 0 Å². The minimum Gasteiger partial charge on any atom is -0.466 e. The molecule has 1 N–H and O–H groups in total. The maximum atomic E-state index is 10.2. The van der Waals surface area contributed by atoms with Crippen molar-refractivity contribution < 1.29 is 9.52 Å². The standard InChI is InChI=1S/C16H28O2/c1-5-6-7-8-9-10-11-15(17)16-12(2)13(3)18-14(16)4/h15,17H,5-11H2,1-4H3. The van der Waals surface area contributed by atoms with E-state index in [2.05, 4.69) is 6.92 Å². The van der Waals surface area contributed by atoms with Crippen molar-refractivity contribution in [2.45, 2.75) is 78.7 Å². The van der Waals surface area contributed by atoms with Crippen molar-refractivity contribution in [2.75, 3.05) is 0 Å². The summed E-state index contributed by atoms with van der Waals surface area (Å²) < 4.78 is 5.57. The fraction of sp³-hybridized carbons (Fsp3) is 0.750. The topological polar surface area (TPSA) is 33.4 Å². The van der Waals surface area contributed by atoms with Crippen LogP contribution in [0.1, 0.15) is 80.6 Å². The second-order valence-electron chi connectivity index (χ2n) is 5.33. The summed E-state index contributed by atoms with van der Waals surface area (Å²) in [6.07, 6.45) is 8.08. The van der Waals surface area contributed by atoms with Gasteiger partial charge >= 0.3 is 0 Å². The van der Waals surface area contributed by atoms with Gasteiger partial charge in [0, 0.05) is 5.56 Å². The van der Waals surface area contributed by atoms with Crippen LogP contribution in [0.3, 0.4) is 0 Å². The third-order valence-corrected chi connectivity index (χ3v) is 3.78. The summed E-state index contributed by atoms with van der Waals surface area (Å²) in [5, 5.41) is 10.2.